The first kappa shape index (κ1) is 15.6. The highest BCUT2D eigenvalue weighted by molar-refractivity contribution is 5.13. The van der Waals surface area contributed by atoms with Gasteiger partial charge in [0, 0.05) is 24.8 Å². The predicted octanol–water partition coefficient (Wildman–Crippen LogP) is 3.57. The third-order valence-corrected chi connectivity index (χ3v) is 4.97. The van der Waals surface area contributed by atoms with Crippen LogP contribution in [0.1, 0.15) is 64.8 Å². The fourth-order valence-electron chi connectivity index (χ4n) is 2.95. The summed E-state index contributed by atoms with van der Waals surface area (Å²) in [5.41, 5.74) is 3.05. The van der Waals surface area contributed by atoms with Crippen molar-refractivity contribution in [2.24, 2.45) is 5.41 Å². The normalized spacial score (nSPS) is 15.8. The van der Waals surface area contributed by atoms with Crippen molar-refractivity contribution in [2.45, 2.75) is 78.8 Å². The zero-order valence-corrected chi connectivity index (χ0v) is 13.7. The van der Waals surface area contributed by atoms with Crippen molar-refractivity contribution in [1.82, 2.24) is 15.1 Å². The Kier molecular flexibility index (Phi) is 5.25. The third kappa shape index (κ3) is 3.63. The number of aromatic nitrogens is 2. The highest BCUT2D eigenvalue weighted by Crippen LogP contribution is 2.32. The van der Waals surface area contributed by atoms with Crippen LogP contribution < -0.4 is 5.32 Å². The molecule has 0 bridgehead atoms. The maximum atomic E-state index is 4.70. The molecular formula is C17H31N3. The van der Waals surface area contributed by atoms with Crippen LogP contribution in [0.4, 0.5) is 0 Å². The van der Waals surface area contributed by atoms with E-state index in [-0.39, 0.29) is 0 Å². The summed E-state index contributed by atoms with van der Waals surface area (Å²) in [6, 6.07) is 3.12. The van der Waals surface area contributed by atoms with E-state index in [1.165, 1.54) is 37.1 Å². The van der Waals surface area contributed by atoms with Gasteiger partial charge in [-0.25, -0.2) is 0 Å². The average molecular weight is 277 g/mol. The molecule has 0 amide bonds. The molecule has 114 valence electrons. The van der Waals surface area contributed by atoms with Crippen molar-refractivity contribution in [2.75, 3.05) is 6.54 Å². The van der Waals surface area contributed by atoms with Crippen molar-refractivity contribution in [3.05, 3.63) is 17.5 Å². The van der Waals surface area contributed by atoms with Crippen molar-refractivity contribution in [1.29, 1.82) is 0 Å². The molecule has 1 fully saturated rings. The van der Waals surface area contributed by atoms with E-state index in [2.05, 4.69) is 43.8 Å². The summed E-state index contributed by atoms with van der Waals surface area (Å²) in [6.07, 6.45) is 7.40. The van der Waals surface area contributed by atoms with Gasteiger partial charge in [0.1, 0.15) is 0 Å². The topological polar surface area (TPSA) is 29.9 Å². The lowest BCUT2D eigenvalue weighted by atomic mass is 9.78. The molecule has 1 aromatic rings. The van der Waals surface area contributed by atoms with Crippen LogP contribution in [0.25, 0.3) is 0 Å². The van der Waals surface area contributed by atoms with Crippen molar-refractivity contribution in [3.8, 4) is 0 Å². The van der Waals surface area contributed by atoms with Crippen molar-refractivity contribution < 1.29 is 0 Å². The fourth-order valence-corrected chi connectivity index (χ4v) is 2.95. The fraction of sp³-hybridized carbons (Fsp3) is 0.824. The molecule has 0 atom stereocenters. The summed E-state index contributed by atoms with van der Waals surface area (Å²) in [6.45, 7) is 11.2. The van der Waals surface area contributed by atoms with Gasteiger partial charge in [-0.1, -0.05) is 20.8 Å². The first-order valence-electron chi connectivity index (χ1n) is 8.45. The maximum absolute atomic E-state index is 4.70. The SMILES string of the molecule is CCc1cc(CC(CC)(CC)CNC2CC2)n(CC)n1. The summed E-state index contributed by atoms with van der Waals surface area (Å²) in [4.78, 5) is 0. The van der Waals surface area contributed by atoms with Gasteiger partial charge in [0.2, 0.25) is 0 Å². The van der Waals surface area contributed by atoms with E-state index in [1.807, 2.05) is 0 Å². The molecule has 3 nitrogen and oxygen atoms in total. The molecular weight excluding hydrogens is 246 g/mol. The van der Waals surface area contributed by atoms with Gasteiger partial charge in [-0.15, -0.1) is 0 Å². The van der Waals surface area contributed by atoms with E-state index in [1.54, 1.807) is 0 Å². The number of nitrogens with zero attached hydrogens (tertiary/aromatic N) is 2. The van der Waals surface area contributed by atoms with Crippen LogP contribution in [0.2, 0.25) is 0 Å². The molecule has 1 aliphatic carbocycles. The first-order chi connectivity index (χ1) is 9.66. The maximum Gasteiger partial charge on any atom is 0.0624 e. The Hall–Kier alpha value is -0.830. The lowest BCUT2D eigenvalue weighted by Gasteiger charge is -2.32. The lowest BCUT2D eigenvalue weighted by Crippen LogP contribution is -2.37. The van der Waals surface area contributed by atoms with Crippen LogP contribution in [-0.4, -0.2) is 22.4 Å². The van der Waals surface area contributed by atoms with Crippen molar-refractivity contribution >= 4 is 0 Å². The minimum Gasteiger partial charge on any atom is -0.313 e. The molecule has 0 saturated heterocycles. The van der Waals surface area contributed by atoms with Gasteiger partial charge in [0.05, 0.1) is 5.69 Å². The van der Waals surface area contributed by atoms with Gasteiger partial charge in [-0.2, -0.15) is 5.10 Å². The number of aryl methyl sites for hydroxylation is 2. The zero-order chi connectivity index (χ0) is 14.6. The van der Waals surface area contributed by atoms with Gasteiger partial charge < -0.3 is 5.32 Å². The van der Waals surface area contributed by atoms with Crippen LogP contribution in [-0.2, 0) is 19.4 Å². The molecule has 1 heterocycles. The van der Waals surface area contributed by atoms with Crippen LogP contribution >= 0.6 is 0 Å². The first-order valence-corrected chi connectivity index (χ1v) is 8.45. The Balaban J connectivity index is 2.10. The molecule has 0 radical (unpaired) electrons. The molecule has 1 aliphatic rings. The molecule has 0 aromatic carbocycles. The second kappa shape index (κ2) is 6.75. The number of rotatable bonds is 9. The van der Waals surface area contributed by atoms with Crippen LogP contribution in [0, 0.1) is 5.41 Å². The van der Waals surface area contributed by atoms with Gasteiger partial charge in [-0.05, 0) is 56.9 Å². The summed E-state index contributed by atoms with van der Waals surface area (Å²) in [7, 11) is 0. The van der Waals surface area contributed by atoms with Gasteiger partial charge in [0.25, 0.3) is 0 Å². The molecule has 1 aromatic heterocycles. The predicted molar refractivity (Wildman–Crippen MR) is 85.0 cm³/mol. The Bertz CT molecular complexity index is 414. The number of nitrogens with one attached hydrogen (secondary N) is 1. The molecule has 2 rings (SSSR count). The van der Waals surface area contributed by atoms with Gasteiger partial charge >= 0.3 is 0 Å². The summed E-state index contributed by atoms with van der Waals surface area (Å²) >= 11 is 0. The van der Waals surface area contributed by atoms with E-state index in [0.717, 1.165) is 32.0 Å². The molecule has 0 unspecified atom stereocenters. The Morgan fingerprint density at radius 2 is 1.95 bits per heavy atom. The Labute approximate surface area is 124 Å². The smallest absolute Gasteiger partial charge is 0.0624 e. The quantitative estimate of drug-likeness (QED) is 0.748. The summed E-state index contributed by atoms with van der Waals surface area (Å²) < 4.78 is 2.20. The number of hydrogen-bond acceptors (Lipinski definition) is 2. The molecule has 1 saturated carbocycles. The van der Waals surface area contributed by atoms with Crippen LogP contribution in [0.3, 0.4) is 0 Å². The van der Waals surface area contributed by atoms with E-state index in [4.69, 9.17) is 5.10 Å². The average Bonchev–Trinajstić information content (AvgIpc) is 3.23. The highest BCUT2D eigenvalue weighted by Gasteiger charge is 2.31. The second-order valence-corrected chi connectivity index (χ2v) is 6.34. The van der Waals surface area contributed by atoms with Crippen LogP contribution in [0.5, 0.6) is 0 Å². The molecule has 0 aliphatic heterocycles. The highest BCUT2D eigenvalue weighted by atomic mass is 15.3. The van der Waals surface area contributed by atoms with E-state index in [9.17, 15) is 0 Å². The molecule has 20 heavy (non-hydrogen) atoms. The molecule has 1 N–H and O–H groups in total. The van der Waals surface area contributed by atoms with E-state index >= 15 is 0 Å². The largest absolute Gasteiger partial charge is 0.313 e. The zero-order valence-electron chi connectivity index (χ0n) is 13.7. The Morgan fingerprint density at radius 3 is 2.45 bits per heavy atom. The number of hydrogen-bond donors (Lipinski definition) is 1. The van der Waals surface area contributed by atoms with Gasteiger partial charge in [0.15, 0.2) is 0 Å². The van der Waals surface area contributed by atoms with Gasteiger partial charge in [-0.3, -0.25) is 4.68 Å². The van der Waals surface area contributed by atoms with Crippen molar-refractivity contribution in [3.63, 3.8) is 0 Å². The Morgan fingerprint density at radius 1 is 1.25 bits per heavy atom. The minimum atomic E-state index is 0.389. The standard InChI is InChI=1S/C17H31N3/c1-5-14-11-16(20(8-4)19-14)12-17(6-2,7-3)13-18-15-9-10-15/h11,15,18H,5-10,12-13H2,1-4H3. The summed E-state index contributed by atoms with van der Waals surface area (Å²) in [5, 5.41) is 8.45. The van der Waals surface area contributed by atoms with E-state index in [0.29, 0.717) is 5.41 Å². The monoisotopic (exact) mass is 277 g/mol. The van der Waals surface area contributed by atoms with Crippen LogP contribution in [0.15, 0.2) is 6.07 Å². The summed E-state index contributed by atoms with van der Waals surface area (Å²) in [5.74, 6) is 0. The van der Waals surface area contributed by atoms with E-state index < -0.39 is 0 Å². The lowest BCUT2D eigenvalue weighted by molar-refractivity contribution is 0.239. The third-order valence-electron chi connectivity index (χ3n) is 4.97. The molecule has 0 spiro atoms. The minimum absolute atomic E-state index is 0.389. The molecule has 3 heteroatoms. The second-order valence-electron chi connectivity index (χ2n) is 6.34.